The highest BCUT2D eigenvalue weighted by atomic mass is 19.4. The Bertz CT molecular complexity index is 377. The van der Waals surface area contributed by atoms with E-state index in [1.165, 1.54) is 12.1 Å². The number of benzene rings is 1. The molecule has 88 valence electrons. The third kappa shape index (κ3) is 4.20. The number of para-hydroxylation sites is 1. The number of carboxylic acid groups (broad SMARTS) is 1. The molecular formula is C10H10F3NO2. The molecule has 0 aliphatic carbocycles. The summed E-state index contributed by atoms with van der Waals surface area (Å²) in [6, 6.07) is 6.03. The highest BCUT2D eigenvalue weighted by Gasteiger charge is 2.26. The van der Waals surface area contributed by atoms with Gasteiger partial charge < -0.3 is 10.4 Å². The van der Waals surface area contributed by atoms with Crippen molar-refractivity contribution in [2.45, 2.75) is 12.6 Å². The first-order valence-electron chi connectivity index (χ1n) is 4.49. The third-order valence-electron chi connectivity index (χ3n) is 1.84. The van der Waals surface area contributed by atoms with Crippen LogP contribution in [-0.4, -0.2) is 23.8 Å². The van der Waals surface area contributed by atoms with Crippen LogP contribution in [0.1, 0.15) is 5.56 Å². The molecule has 0 unspecified atom stereocenters. The molecule has 3 nitrogen and oxygen atoms in total. The standard InChI is InChI=1S/C10H10F3NO2/c11-10(12,13)6-14-8-4-2-1-3-7(8)5-9(15)16/h1-4,14H,5-6H2,(H,15,16). The molecule has 0 bridgehead atoms. The molecule has 0 atom stereocenters. The fraction of sp³-hybridized carbons (Fsp3) is 0.300. The van der Waals surface area contributed by atoms with Crippen LogP contribution in [0.5, 0.6) is 0 Å². The van der Waals surface area contributed by atoms with Crippen molar-refractivity contribution in [2.75, 3.05) is 11.9 Å². The maximum atomic E-state index is 12.0. The number of hydrogen-bond acceptors (Lipinski definition) is 2. The van der Waals surface area contributed by atoms with Crippen LogP contribution in [0.4, 0.5) is 18.9 Å². The SMILES string of the molecule is O=C(O)Cc1ccccc1NCC(F)(F)F. The molecule has 0 radical (unpaired) electrons. The van der Waals surface area contributed by atoms with Crippen LogP contribution in [0.3, 0.4) is 0 Å². The highest BCUT2D eigenvalue weighted by molar-refractivity contribution is 5.73. The van der Waals surface area contributed by atoms with Crippen molar-refractivity contribution in [3.8, 4) is 0 Å². The van der Waals surface area contributed by atoms with Gasteiger partial charge in [-0.1, -0.05) is 18.2 Å². The molecule has 0 fully saturated rings. The Morgan fingerprint density at radius 1 is 1.31 bits per heavy atom. The minimum atomic E-state index is -4.32. The summed E-state index contributed by atoms with van der Waals surface area (Å²) in [7, 11) is 0. The summed E-state index contributed by atoms with van der Waals surface area (Å²) in [5.41, 5.74) is 0.529. The average molecular weight is 233 g/mol. The normalized spacial score (nSPS) is 11.2. The van der Waals surface area contributed by atoms with Gasteiger partial charge in [0, 0.05) is 5.69 Å². The molecule has 0 heterocycles. The first kappa shape index (κ1) is 12.4. The van der Waals surface area contributed by atoms with Gasteiger partial charge in [0.05, 0.1) is 6.42 Å². The molecule has 1 rings (SSSR count). The van der Waals surface area contributed by atoms with Crippen LogP contribution < -0.4 is 5.32 Å². The van der Waals surface area contributed by atoms with E-state index in [0.29, 0.717) is 5.56 Å². The van der Waals surface area contributed by atoms with Gasteiger partial charge in [0.2, 0.25) is 0 Å². The number of nitrogens with one attached hydrogen (secondary N) is 1. The first-order chi connectivity index (χ1) is 7.38. The zero-order valence-electron chi connectivity index (χ0n) is 8.21. The van der Waals surface area contributed by atoms with E-state index in [2.05, 4.69) is 5.32 Å². The van der Waals surface area contributed by atoms with Crippen molar-refractivity contribution in [1.29, 1.82) is 0 Å². The van der Waals surface area contributed by atoms with E-state index in [4.69, 9.17) is 5.11 Å². The molecule has 0 spiro atoms. The van der Waals surface area contributed by atoms with Crippen LogP contribution in [0.25, 0.3) is 0 Å². The van der Waals surface area contributed by atoms with Gasteiger partial charge in [-0.15, -0.1) is 0 Å². The molecule has 0 saturated heterocycles. The van der Waals surface area contributed by atoms with Gasteiger partial charge in [-0.2, -0.15) is 13.2 Å². The second-order valence-corrected chi connectivity index (χ2v) is 3.20. The summed E-state index contributed by atoms with van der Waals surface area (Å²) < 4.78 is 35.9. The van der Waals surface area contributed by atoms with Gasteiger partial charge in [0.25, 0.3) is 0 Å². The third-order valence-corrected chi connectivity index (χ3v) is 1.84. The molecule has 6 heteroatoms. The Kier molecular flexibility index (Phi) is 3.76. The minimum Gasteiger partial charge on any atom is -0.481 e. The number of halogens is 3. The zero-order chi connectivity index (χ0) is 12.2. The number of anilines is 1. The van der Waals surface area contributed by atoms with E-state index in [1.807, 2.05) is 0 Å². The summed E-state index contributed by atoms with van der Waals surface area (Å²) >= 11 is 0. The summed E-state index contributed by atoms with van der Waals surface area (Å²) in [6.45, 7) is -1.18. The van der Waals surface area contributed by atoms with E-state index in [1.54, 1.807) is 12.1 Å². The Morgan fingerprint density at radius 3 is 2.50 bits per heavy atom. The molecule has 16 heavy (non-hydrogen) atoms. The van der Waals surface area contributed by atoms with Crippen molar-refractivity contribution >= 4 is 11.7 Å². The van der Waals surface area contributed by atoms with E-state index in [9.17, 15) is 18.0 Å². The second-order valence-electron chi connectivity index (χ2n) is 3.20. The molecule has 0 aromatic heterocycles. The van der Waals surface area contributed by atoms with Gasteiger partial charge in [0.15, 0.2) is 0 Å². The zero-order valence-corrected chi connectivity index (χ0v) is 8.21. The number of aliphatic carboxylic acids is 1. The van der Waals surface area contributed by atoms with Gasteiger partial charge in [0.1, 0.15) is 6.54 Å². The summed E-state index contributed by atoms with van der Waals surface area (Å²) in [5.74, 6) is -1.08. The van der Waals surface area contributed by atoms with E-state index in [0.717, 1.165) is 0 Å². The van der Waals surface area contributed by atoms with Crippen molar-refractivity contribution in [2.24, 2.45) is 0 Å². The van der Waals surface area contributed by atoms with Gasteiger partial charge in [-0.3, -0.25) is 4.79 Å². The molecule has 0 aliphatic heterocycles. The molecule has 0 saturated carbocycles. The monoisotopic (exact) mass is 233 g/mol. The Labute approximate surface area is 89.9 Å². The van der Waals surface area contributed by atoms with Crippen molar-refractivity contribution < 1.29 is 23.1 Å². The Morgan fingerprint density at radius 2 is 1.94 bits per heavy atom. The largest absolute Gasteiger partial charge is 0.481 e. The molecular weight excluding hydrogens is 223 g/mol. The topological polar surface area (TPSA) is 49.3 Å². The number of carbonyl (C=O) groups is 1. The number of rotatable bonds is 4. The van der Waals surface area contributed by atoms with E-state index in [-0.39, 0.29) is 12.1 Å². The fourth-order valence-electron chi connectivity index (χ4n) is 1.21. The first-order valence-corrected chi connectivity index (χ1v) is 4.49. The number of alkyl halides is 3. The lowest BCUT2D eigenvalue weighted by Gasteiger charge is -2.12. The van der Waals surface area contributed by atoms with E-state index < -0.39 is 18.7 Å². The summed E-state index contributed by atoms with van der Waals surface area (Å²) in [6.07, 6.45) is -4.63. The molecule has 2 N–H and O–H groups in total. The van der Waals surface area contributed by atoms with Gasteiger partial charge in [-0.05, 0) is 11.6 Å². The Balaban J connectivity index is 2.75. The fourth-order valence-corrected chi connectivity index (χ4v) is 1.21. The maximum Gasteiger partial charge on any atom is 0.405 e. The van der Waals surface area contributed by atoms with Crippen LogP contribution in [-0.2, 0) is 11.2 Å². The predicted octanol–water partition coefficient (Wildman–Crippen LogP) is 2.29. The maximum absolute atomic E-state index is 12.0. The van der Waals surface area contributed by atoms with E-state index >= 15 is 0 Å². The van der Waals surface area contributed by atoms with Crippen molar-refractivity contribution in [1.82, 2.24) is 0 Å². The van der Waals surface area contributed by atoms with Crippen LogP contribution >= 0.6 is 0 Å². The molecule has 0 amide bonds. The smallest absolute Gasteiger partial charge is 0.405 e. The number of carboxylic acids is 1. The Hall–Kier alpha value is -1.72. The predicted molar refractivity (Wildman–Crippen MR) is 52.3 cm³/mol. The molecule has 0 aliphatic rings. The number of hydrogen-bond donors (Lipinski definition) is 2. The highest BCUT2D eigenvalue weighted by Crippen LogP contribution is 2.19. The van der Waals surface area contributed by atoms with Crippen molar-refractivity contribution in [3.05, 3.63) is 29.8 Å². The van der Waals surface area contributed by atoms with Crippen molar-refractivity contribution in [3.63, 3.8) is 0 Å². The second kappa shape index (κ2) is 4.87. The van der Waals surface area contributed by atoms with Gasteiger partial charge in [-0.25, -0.2) is 0 Å². The molecule has 1 aromatic carbocycles. The van der Waals surface area contributed by atoms with Gasteiger partial charge >= 0.3 is 12.1 Å². The van der Waals surface area contributed by atoms with Crippen LogP contribution in [0, 0.1) is 0 Å². The lowest BCUT2D eigenvalue weighted by atomic mass is 10.1. The minimum absolute atomic E-state index is 0.197. The lowest BCUT2D eigenvalue weighted by molar-refractivity contribution is -0.136. The average Bonchev–Trinajstić information content (AvgIpc) is 2.14. The van der Waals surface area contributed by atoms with Crippen LogP contribution in [0.2, 0.25) is 0 Å². The molecule has 1 aromatic rings. The summed E-state index contributed by atoms with van der Waals surface area (Å²) in [5, 5.41) is 10.7. The summed E-state index contributed by atoms with van der Waals surface area (Å²) in [4.78, 5) is 10.5. The lowest BCUT2D eigenvalue weighted by Crippen LogP contribution is -2.22. The quantitative estimate of drug-likeness (QED) is 0.838. The van der Waals surface area contributed by atoms with Crippen LogP contribution in [0.15, 0.2) is 24.3 Å².